The molecule has 0 atom stereocenters. The van der Waals surface area contributed by atoms with E-state index >= 15 is 0 Å². The summed E-state index contributed by atoms with van der Waals surface area (Å²) in [6.07, 6.45) is 0. The molecule has 24 heavy (non-hydrogen) atoms. The lowest BCUT2D eigenvalue weighted by Crippen LogP contribution is -2.19. The molecule has 122 valence electrons. The van der Waals surface area contributed by atoms with Gasteiger partial charge < -0.3 is 14.8 Å². The molecule has 0 bridgehead atoms. The average Bonchev–Trinajstić information content (AvgIpc) is 2.87. The second kappa shape index (κ2) is 6.04. The van der Waals surface area contributed by atoms with Crippen molar-refractivity contribution in [2.45, 2.75) is 0 Å². The zero-order valence-corrected chi connectivity index (χ0v) is 13.0. The van der Waals surface area contributed by atoms with Crippen molar-refractivity contribution < 1.29 is 23.9 Å². The van der Waals surface area contributed by atoms with Gasteiger partial charge in [0.1, 0.15) is 17.1 Å². The first-order chi connectivity index (χ1) is 11.5. The quantitative estimate of drug-likeness (QED) is 0.836. The minimum absolute atomic E-state index is 0.227. The van der Waals surface area contributed by atoms with Crippen LogP contribution >= 0.6 is 0 Å². The number of nitrogens with one attached hydrogen (secondary N) is 2. The molecule has 0 aromatic heterocycles. The number of amides is 3. The molecule has 0 unspecified atom stereocenters. The van der Waals surface area contributed by atoms with Gasteiger partial charge >= 0.3 is 0 Å². The van der Waals surface area contributed by atoms with Crippen molar-refractivity contribution in [2.75, 3.05) is 19.5 Å². The summed E-state index contributed by atoms with van der Waals surface area (Å²) in [7, 11) is 2.91. The number of rotatable bonds is 4. The Morgan fingerprint density at radius 2 is 1.58 bits per heavy atom. The summed E-state index contributed by atoms with van der Waals surface area (Å²) in [5.41, 5.74) is 1.14. The topological polar surface area (TPSA) is 93.7 Å². The first kappa shape index (κ1) is 15.5. The van der Waals surface area contributed by atoms with Gasteiger partial charge in [0, 0.05) is 5.69 Å². The second-order valence-corrected chi connectivity index (χ2v) is 5.04. The van der Waals surface area contributed by atoms with Crippen molar-refractivity contribution in [3.8, 4) is 11.5 Å². The largest absolute Gasteiger partial charge is 0.496 e. The van der Waals surface area contributed by atoms with E-state index in [1.165, 1.54) is 26.4 Å². The molecule has 7 nitrogen and oxygen atoms in total. The third kappa shape index (κ3) is 2.56. The molecule has 0 radical (unpaired) electrons. The number of methoxy groups -OCH3 is 2. The summed E-state index contributed by atoms with van der Waals surface area (Å²) in [6.45, 7) is 0. The van der Waals surface area contributed by atoms with Crippen molar-refractivity contribution in [3.63, 3.8) is 0 Å². The first-order valence-corrected chi connectivity index (χ1v) is 7.07. The van der Waals surface area contributed by atoms with Crippen molar-refractivity contribution in [1.29, 1.82) is 0 Å². The molecule has 0 aliphatic carbocycles. The standard InChI is InChI=1S/C17H14N2O5/c1-23-12-4-3-5-13(24-2)14(12)17(22)18-9-6-7-10-11(8-9)16(21)19-15(10)20/h3-8H,1-2H3,(H,18,22)(H,19,20,21). The number of fused-ring (bicyclic) bond motifs is 1. The van der Waals surface area contributed by atoms with Gasteiger partial charge in [-0.05, 0) is 30.3 Å². The van der Waals surface area contributed by atoms with Gasteiger partial charge in [-0.3, -0.25) is 19.7 Å². The lowest BCUT2D eigenvalue weighted by atomic mass is 10.1. The Balaban J connectivity index is 1.93. The molecule has 0 spiro atoms. The highest BCUT2D eigenvalue weighted by atomic mass is 16.5. The molecule has 0 saturated heterocycles. The molecule has 1 aliphatic heterocycles. The second-order valence-electron chi connectivity index (χ2n) is 5.04. The minimum Gasteiger partial charge on any atom is -0.496 e. The van der Waals surface area contributed by atoms with Crippen LogP contribution in [0.5, 0.6) is 11.5 Å². The number of imide groups is 1. The predicted molar refractivity (Wildman–Crippen MR) is 85.7 cm³/mol. The Morgan fingerprint density at radius 1 is 0.958 bits per heavy atom. The van der Waals surface area contributed by atoms with E-state index in [-0.39, 0.29) is 16.7 Å². The molecular weight excluding hydrogens is 312 g/mol. The first-order valence-electron chi connectivity index (χ1n) is 7.07. The van der Waals surface area contributed by atoms with E-state index in [4.69, 9.17) is 9.47 Å². The third-order valence-electron chi connectivity index (χ3n) is 3.65. The van der Waals surface area contributed by atoms with Gasteiger partial charge in [-0.15, -0.1) is 0 Å². The maximum Gasteiger partial charge on any atom is 0.263 e. The van der Waals surface area contributed by atoms with Gasteiger partial charge in [-0.2, -0.15) is 0 Å². The fourth-order valence-electron chi connectivity index (χ4n) is 2.51. The van der Waals surface area contributed by atoms with Gasteiger partial charge in [0.25, 0.3) is 17.7 Å². The molecule has 3 rings (SSSR count). The molecule has 0 fully saturated rings. The van der Waals surface area contributed by atoms with Crippen molar-refractivity contribution in [1.82, 2.24) is 5.32 Å². The molecule has 1 aliphatic rings. The van der Waals surface area contributed by atoms with E-state index < -0.39 is 17.7 Å². The number of hydrogen-bond acceptors (Lipinski definition) is 5. The molecule has 0 saturated carbocycles. The van der Waals surface area contributed by atoms with Gasteiger partial charge in [0.05, 0.1) is 25.3 Å². The van der Waals surface area contributed by atoms with Crippen LogP contribution in [0.25, 0.3) is 0 Å². The zero-order chi connectivity index (χ0) is 17.3. The van der Waals surface area contributed by atoms with E-state index in [0.29, 0.717) is 17.2 Å². The monoisotopic (exact) mass is 326 g/mol. The van der Waals surface area contributed by atoms with E-state index in [9.17, 15) is 14.4 Å². The highest BCUT2D eigenvalue weighted by molar-refractivity contribution is 6.22. The van der Waals surface area contributed by atoms with Crippen LogP contribution in [0.3, 0.4) is 0 Å². The fourth-order valence-corrected chi connectivity index (χ4v) is 2.51. The summed E-state index contributed by atoms with van der Waals surface area (Å²) in [5, 5.41) is 4.88. The van der Waals surface area contributed by atoms with Crippen LogP contribution in [0.4, 0.5) is 5.69 Å². The molecule has 2 N–H and O–H groups in total. The highest BCUT2D eigenvalue weighted by Gasteiger charge is 2.27. The average molecular weight is 326 g/mol. The van der Waals surface area contributed by atoms with Gasteiger partial charge in [-0.25, -0.2) is 0 Å². The predicted octanol–water partition coefficient (Wildman–Crippen LogP) is 1.84. The molecule has 2 aromatic carbocycles. The van der Waals surface area contributed by atoms with Crippen LogP contribution in [0.15, 0.2) is 36.4 Å². The summed E-state index contributed by atoms with van der Waals surface area (Å²) in [6, 6.07) is 9.50. The summed E-state index contributed by atoms with van der Waals surface area (Å²) >= 11 is 0. The zero-order valence-electron chi connectivity index (χ0n) is 13.0. The smallest absolute Gasteiger partial charge is 0.263 e. The van der Waals surface area contributed by atoms with Crippen LogP contribution in [0.2, 0.25) is 0 Å². The van der Waals surface area contributed by atoms with Crippen LogP contribution in [-0.2, 0) is 0 Å². The van der Waals surface area contributed by atoms with Crippen LogP contribution in [0, 0.1) is 0 Å². The molecular formula is C17H14N2O5. The summed E-state index contributed by atoms with van der Waals surface area (Å²) < 4.78 is 10.4. The van der Waals surface area contributed by atoms with Gasteiger partial charge in [0.2, 0.25) is 0 Å². The van der Waals surface area contributed by atoms with E-state index in [1.807, 2.05) is 0 Å². The molecule has 7 heteroatoms. The fraction of sp³-hybridized carbons (Fsp3) is 0.118. The Morgan fingerprint density at radius 3 is 2.21 bits per heavy atom. The lowest BCUT2D eigenvalue weighted by Gasteiger charge is -2.13. The number of carbonyl (C=O) groups excluding carboxylic acids is 3. The molecule has 1 heterocycles. The van der Waals surface area contributed by atoms with Crippen molar-refractivity contribution >= 4 is 23.4 Å². The van der Waals surface area contributed by atoms with Gasteiger partial charge in [0.15, 0.2) is 0 Å². The van der Waals surface area contributed by atoms with E-state index in [0.717, 1.165) is 0 Å². The molecule has 2 aromatic rings. The Kier molecular flexibility index (Phi) is 3.91. The van der Waals surface area contributed by atoms with Crippen molar-refractivity contribution in [2.24, 2.45) is 0 Å². The molecule has 3 amide bonds. The number of hydrogen-bond donors (Lipinski definition) is 2. The Bertz CT molecular complexity index is 838. The maximum absolute atomic E-state index is 12.6. The number of anilines is 1. The Hall–Kier alpha value is -3.35. The van der Waals surface area contributed by atoms with Crippen LogP contribution < -0.4 is 20.1 Å². The SMILES string of the molecule is COc1cccc(OC)c1C(=O)Nc1ccc2c(c1)C(=O)NC2=O. The number of benzene rings is 2. The van der Waals surface area contributed by atoms with E-state index in [1.54, 1.807) is 24.3 Å². The van der Waals surface area contributed by atoms with Crippen molar-refractivity contribution in [3.05, 3.63) is 53.1 Å². The number of carbonyl (C=O) groups is 3. The summed E-state index contributed by atoms with van der Waals surface area (Å²) in [4.78, 5) is 35.8. The third-order valence-corrected chi connectivity index (χ3v) is 3.65. The normalized spacial score (nSPS) is 12.4. The maximum atomic E-state index is 12.6. The van der Waals surface area contributed by atoms with Crippen LogP contribution in [0.1, 0.15) is 31.1 Å². The van der Waals surface area contributed by atoms with Crippen LogP contribution in [-0.4, -0.2) is 31.9 Å². The Labute approximate surface area is 137 Å². The van der Waals surface area contributed by atoms with E-state index in [2.05, 4.69) is 10.6 Å². The highest BCUT2D eigenvalue weighted by Crippen LogP contribution is 2.29. The number of ether oxygens (including phenoxy) is 2. The van der Waals surface area contributed by atoms with Gasteiger partial charge in [-0.1, -0.05) is 6.07 Å². The lowest BCUT2D eigenvalue weighted by molar-refractivity contribution is 0.0878. The minimum atomic E-state index is -0.485. The summed E-state index contributed by atoms with van der Waals surface area (Å²) in [5.74, 6) is -0.656.